The molecule has 0 aromatic heterocycles. The predicted octanol–water partition coefficient (Wildman–Crippen LogP) is 1.01. The van der Waals surface area contributed by atoms with Crippen LogP contribution in [0.4, 0.5) is 4.79 Å². The molecule has 0 radical (unpaired) electrons. The molecule has 1 aromatic rings. The smallest absolute Gasteiger partial charge is 0.317 e. The third-order valence-corrected chi connectivity index (χ3v) is 4.61. The van der Waals surface area contributed by atoms with Gasteiger partial charge in [0.15, 0.2) is 0 Å². The number of nitrogens with zero attached hydrogens (tertiary/aromatic N) is 3. The van der Waals surface area contributed by atoms with E-state index in [9.17, 15) is 9.59 Å². The summed E-state index contributed by atoms with van der Waals surface area (Å²) in [6.45, 7) is 4.32. The highest BCUT2D eigenvalue weighted by Gasteiger charge is 2.34. The summed E-state index contributed by atoms with van der Waals surface area (Å²) in [4.78, 5) is 29.6. The molecular formula is C16H21ClN4O2. The van der Waals surface area contributed by atoms with Crippen molar-refractivity contribution in [2.45, 2.75) is 12.6 Å². The van der Waals surface area contributed by atoms with E-state index >= 15 is 0 Å². The lowest BCUT2D eigenvalue weighted by Crippen LogP contribution is -2.53. The van der Waals surface area contributed by atoms with Crippen LogP contribution in [-0.2, 0) is 11.3 Å². The number of carbonyl (C=O) groups excluding carboxylic acids is 2. The van der Waals surface area contributed by atoms with Gasteiger partial charge in [0, 0.05) is 44.8 Å². The molecule has 1 aromatic carbocycles. The van der Waals surface area contributed by atoms with Crippen LogP contribution in [-0.4, -0.2) is 72.5 Å². The molecule has 6 nitrogen and oxygen atoms in total. The number of hydrogen-bond acceptors (Lipinski definition) is 3. The molecule has 2 aliphatic heterocycles. The van der Waals surface area contributed by atoms with Gasteiger partial charge in [0.1, 0.15) is 6.04 Å². The van der Waals surface area contributed by atoms with Crippen molar-refractivity contribution in [2.75, 3.05) is 39.8 Å². The lowest BCUT2D eigenvalue weighted by Gasteiger charge is -2.35. The Morgan fingerprint density at radius 2 is 2.04 bits per heavy atom. The highest BCUT2D eigenvalue weighted by molar-refractivity contribution is 6.30. The molecule has 0 unspecified atom stereocenters. The highest BCUT2D eigenvalue weighted by atomic mass is 35.5. The second kappa shape index (κ2) is 6.76. The average Bonchev–Trinajstić information content (AvgIpc) is 2.87. The number of rotatable bonds is 3. The third-order valence-electron chi connectivity index (χ3n) is 4.38. The van der Waals surface area contributed by atoms with Crippen molar-refractivity contribution in [1.29, 1.82) is 0 Å². The fourth-order valence-corrected chi connectivity index (χ4v) is 3.25. The zero-order chi connectivity index (χ0) is 16.4. The van der Waals surface area contributed by atoms with Crippen LogP contribution in [0, 0.1) is 0 Å². The first-order chi connectivity index (χ1) is 11.0. The van der Waals surface area contributed by atoms with Crippen LogP contribution in [0.15, 0.2) is 24.3 Å². The van der Waals surface area contributed by atoms with E-state index in [-0.39, 0.29) is 11.9 Å². The first-order valence-corrected chi connectivity index (χ1v) is 8.18. The Hall–Kier alpha value is -1.79. The van der Waals surface area contributed by atoms with Gasteiger partial charge in [-0.2, -0.15) is 0 Å². The first kappa shape index (κ1) is 16.1. The van der Waals surface area contributed by atoms with E-state index in [1.807, 2.05) is 23.1 Å². The van der Waals surface area contributed by atoms with Gasteiger partial charge in [0.05, 0.1) is 6.54 Å². The molecular weight excluding hydrogens is 316 g/mol. The average molecular weight is 337 g/mol. The van der Waals surface area contributed by atoms with E-state index < -0.39 is 6.04 Å². The van der Waals surface area contributed by atoms with E-state index in [2.05, 4.69) is 16.3 Å². The van der Waals surface area contributed by atoms with Gasteiger partial charge < -0.3 is 15.1 Å². The van der Waals surface area contributed by atoms with Gasteiger partial charge in [-0.05, 0) is 17.7 Å². The zero-order valence-corrected chi connectivity index (χ0v) is 13.9. The van der Waals surface area contributed by atoms with Crippen LogP contribution >= 0.6 is 11.6 Å². The molecule has 2 aliphatic rings. The van der Waals surface area contributed by atoms with Crippen molar-refractivity contribution in [3.05, 3.63) is 34.9 Å². The molecule has 0 aliphatic carbocycles. The number of nitrogens with one attached hydrogen (secondary N) is 1. The summed E-state index contributed by atoms with van der Waals surface area (Å²) in [5, 5.41) is 3.47. The van der Waals surface area contributed by atoms with Gasteiger partial charge in [0.25, 0.3) is 0 Å². The largest absolute Gasteiger partial charge is 0.338 e. The summed E-state index contributed by atoms with van der Waals surface area (Å²) in [5.74, 6) is 0.0186. The molecule has 7 heteroatoms. The van der Waals surface area contributed by atoms with E-state index in [0.717, 1.165) is 24.7 Å². The number of halogens is 1. The van der Waals surface area contributed by atoms with Crippen LogP contribution in [0.1, 0.15) is 5.56 Å². The number of piperazine rings is 1. The second-order valence-electron chi connectivity index (χ2n) is 6.11. The molecule has 0 saturated carbocycles. The van der Waals surface area contributed by atoms with Crippen molar-refractivity contribution in [2.24, 2.45) is 0 Å². The Morgan fingerprint density at radius 3 is 2.65 bits per heavy atom. The molecule has 1 N–H and O–H groups in total. The Kier molecular flexibility index (Phi) is 4.73. The number of benzene rings is 1. The molecule has 3 amide bonds. The van der Waals surface area contributed by atoms with Crippen LogP contribution in [0.3, 0.4) is 0 Å². The maximum atomic E-state index is 12.4. The Balaban J connectivity index is 1.50. The Bertz CT molecular complexity index is 601. The lowest BCUT2D eigenvalue weighted by molar-refractivity contribution is -0.134. The van der Waals surface area contributed by atoms with E-state index in [1.54, 1.807) is 7.05 Å². The van der Waals surface area contributed by atoms with Crippen molar-refractivity contribution in [3.63, 3.8) is 0 Å². The van der Waals surface area contributed by atoms with Crippen molar-refractivity contribution >= 4 is 23.5 Å². The normalized spacial score (nSPS) is 22.3. The second-order valence-corrected chi connectivity index (χ2v) is 6.55. The number of amides is 3. The van der Waals surface area contributed by atoms with Crippen LogP contribution in [0.5, 0.6) is 0 Å². The summed E-state index contributed by atoms with van der Waals surface area (Å²) >= 11 is 6.01. The van der Waals surface area contributed by atoms with Crippen molar-refractivity contribution in [1.82, 2.24) is 20.0 Å². The molecule has 0 spiro atoms. The number of likely N-dealkylation sites (N-methyl/N-ethyl adjacent to an activating group) is 1. The molecule has 124 valence electrons. The molecule has 1 atom stereocenters. The van der Waals surface area contributed by atoms with Gasteiger partial charge in [0.2, 0.25) is 5.91 Å². The van der Waals surface area contributed by atoms with E-state index in [0.29, 0.717) is 19.6 Å². The summed E-state index contributed by atoms with van der Waals surface area (Å²) < 4.78 is 0. The van der Waals surface area contributed by atoms with E-state index in [4.69, 9.17) is 11.6 Å². The zero-order valence-electron chi connectivity index (χ0n) is 13.2. The quantitative estimate of drug-likeness (QED) is 0.896. The van der Waals surface area contributed by atoms with Crippen LogP contribution < -0.4 is 5.32 Å². The molecule has 23 heavy (non-hydrogen) atoms. The van der Waals surface area contributed by atoms with Gasteiger partial charge >= 0.3 is 6.03 Å². The molecule has 2 saturated heterocycles. The molecule has 3 rings (SSSR count). The first-order valence-electron chi connectivity index (χ1n) is 7.80. The van der Waals surface area contributed by atoms with Gasteiger partial charge in [-0.1, -0.05) is 23.7 Å². The summed E-state index contributed by atoms with van der Waals surface area (Å²) in [6, 6.07) is 7.27. The molecule has 0 bridgehead atoms. The van der Waals surface area contributed by atoms with Crippen molar-refractivity contribution in [3.8, 4) is 0 Å². The van der Waals surface area contributed by atoms with Gasteiger partial charge in [-0.25, -0.2) is 4.79 Å². The fraction of sp³-hybridized carbons (Fsp3) is 0.500. The standard InChI is InChI=1S/C16H21ClN4O2/c1-19-11-14(18-16(19)23)15(22)21-7-5-20(6-8-21)10-12-3-2-4-13(17)9-12/h2-4,9,14H,5-8,10-11H2,1H3,(H,18,23)/t14-/m0/s1. The highest BCUT2D eigenvalue weighted by Crippen LogP contribution is 2.15. The minimum Gasteiger partial charge on any atom is -0.338 e. The summed E-state index contributed by atoms with van der Waals surface area (Å²) in [6.07, 6.45) is 0. The Morgan fingerprint density at radius 1 is 1.30 bits per heavy atom. The Labute approximate surface area is 141 Å². The van der Waals surface area contributed by atoms with E-state index in [1.165, 1.54) is 10.5 Å². The van der Waals surface area contributed by atoms with Crippen LogP contribution in [0.25, 0.3) is 0 Å². The number of hydrogen-bond donors (Lipinski definition) is 1. The predicted molar refractivity (Wildman–Crippen MR) is 88.3 cm³/mol. The summed E-state index contributed by atoms with van der Waals surface area (Å²) in [7, 11) is 1.70. The third kappa shape index (κ3) is 3.76. The van der Waals surface area contributed by atoms with Gasteiger partial charge in [-0.3, -0.25) is 9.69 Å². The van der Waals surface area contributed by atoms with Crippen LogP contribution in [0.2, 0.25) is 5.02 Å². The van der Waals surface area contributed by atoms with Gasteiger partial charge in [-0.15, -0.1) is 0 Å². The fourth-order valence-electron chi connectivity index (χ4n) is 3.04. The SMILES string of the molecule is CN1C[C@@H](C(=O)N2CCN(Cc3cccc(Cl)c3)CC2)NC1=O. The lowest BCUT2D eigenvalue weighted by atomic mass is 10.2. The number of urea groups is 1. The molecule has 2 heterocycles. The minimum atomic E-state index is -0.410. The topological polar surface area (TPSA) is 55.9 Å². The molecule has 2 fully saturated rings. The minimum absolute atomic E-state index is 0.0186. The van der Waals surface area contributed by atoms with Crippen molar-refractivity contribution < 1.29 is 9.59 Å². The summed E-state index contributed by atoms with van der Waals surface area (Å²) in [5.41, 5.74) is 1.18. The maximum Gasteiger partial charge on any atom is 0.317 e. The number of carbonyl (C=O) groups is 2. The monoisotopic (exact) mass is 336 g/mol. The maximum absolute atomic E-state index is 12.4.